The molecule has 0 bridgehead atoms. The van der Waals surface area contributed by atoms with E-state index >= 15 is 0 Å². The SMILES string of the molecule is O=C(CCc1nnc(-c2ccccc2Cl)o1)NCc1ccncc1. The summed E-state index contributed by atoms with van der Waals surface area (Å²) < 4.78 is 5.57. The molecule has 2 heterocycles. The van der Waals surface area contributed by atoms with E-state index in [0.717, 1.165) is 5.56 Å². The Balaban J connectivity index is 1.52. The molecule has 7 heteroatoms. The molecule has 0 spiro atoms. The van der Waals surface area contributed by atoms with Crippen molar-refractivity contribution >= 4 is 17.5 Å². The van der Waals surface area contributed by atoms with E-state index in [-0.39, 0.29) is 12.3 Å². The summed E-state index contributed by atoms with van der Waals surface area (Å²) in [6.07, 6.45) is 4.03. The van der Waals surface area contributed by atoms with Gasteiger partial charge in [0.05, 0.1) is 10.6 Å². The zero-order valence-electron chi connectivity index (χ0n) is 12.8. The van der Waals surface area contributed by atoms with Gasteiger partial charge in [0.1, 0.15) is 0 Å². The molecule has 0 saturated heterocycles. The number of rotatable bonds is 6. The van der Waals surface area contributed by atoms with E-state index in [1.54, 1.807) is 24.5 Å². The third kappa shape index (κ3) is 4.17. The molecular formula is C17H15ClN4O2. The van der Waals surface area contributed by atoms with Gasteiger partial charge in [-0.3, -0.25) is 9.78 Å². The quantitative estimate of drug-likeness (QED) is 0.744. The number of pyridine rings is 1. The van der Waals surface area contributed by atoms with Gasteiger partial charge in [0.25, 0.3) is 0 Å². The molecule has 0 aliphatic heterocycles. The van der Waals surface area contributed by atoms with Crippen molar-refractivity contribution in [2.24, 2.45) is 0 Å². The van der Waals surface area contributed by atoms with Crippen molar-refractivity contribution in [1.29, 1.82) is 0 Å². The zero-order valence-corrected chi connectivity index (χ0v) is 13.5. The Labute approximate surface area is 143 Å². The number of aromatic nitrogens is 3. The summed E-state index contributed by atoms with van der Waals surface area (Å²) in [5.41, 5.74) is 1.68. The summed E-state index contributed by atoms with van der Waals surface area (Å²) in [5.74, 6) is 0.682. The lowest BCUT2D eigenvalue weighted by atomic mass is 10.2. The summed E-state index contributed by atoms with van der Waals surface area (Å²) in [6.45, 7) is 0.468. The number of hydrogen-bond donors (Lipinski definition) is 1. The molecule has 1 N–H and O–H groups in total. The molecule has 1 aromatic carbocycles. The minimum absolute atomic E-state index is 0.0793. The first-order valence-corrected chi connectivity index (χ1v) is 7.83. The van der Waals surface area contributed by atoms with E-state index in [2.05, 4.69) is 20.5 Å². The molecule has 2 aromatic heterocycles. The summed E-state index contributed by atoms with van der Waals surface area (Å²) in [6, 6.07) is 10.9. The first-order chi connectivity index (χ1) is 11.7. The lowest BCUT2D eigenvalue weighted by Crippen LogP contribution is -2.23. The van der Waals surface area contributed by atoms with Crippen LogP contribution in [0.4, 0.5) is 0 Å². The Hall–Kier alpha value is -2.73. The number of aryl methyl sites for hydroxylation is 1. The highest BCUT2D eigenvalue weighted by atomic mass is 35.5. The summed E-state index contributed by atoms with van der Waals surface area (Å²) in [5, 5.41) is 11.3. The van der Waals surface area contributed by atoms with Gasteiger partial charge in [-0.1, -0.05) is 23.7 Å². The van der Waals surface area contributed by atoms with Gasteiger partial charge >= 0.3 is 0 Å². The van der Waals surface area contributed by atoms with Crippen LogP contribution in [-0.2, 0) is 17.8 Å². The molecule has 0 saturated carbocycles. The molecule has 122 valence electrons. The van der Waals surface area contributed by atoms with Crippen molar-refractivity contribution in [2.75, 3.05) is 0 Å². The Morgan fingerprint density at radius 2 is 1.92 bits per heavy atom. The Kier molecular flexibility index (Phi) is 5.18. The minimum Gasteiger partial charge on any atom is -0.421 e. The molecule has 6 nitrogen and oxygen atoms in total. The van der Waals surface area contributed by atoms with Crippen molar-refractivity contribution in [3.8, 4) is 11.5 Å². The molecular weight excluding hydrogens is 328 g/mol. The Morgan fingerprint density at radius 3 is 2.71 bits per heavy atom. The highest BCUT2D eigenvalue weighted by Gasteiger charge is 2.12. The van der Waals surface area contributed by atoms with Crippen LogP contribution in [0.3, 0.4) is 0 Å². The standard InChI is InChI=1S/C17H15ClN4O2/c18-14-4-2-1-3-13(14)17-22-21-16(24-17)6-5-15(23)20-11-12-7-9-19-10-8-12/h1-4,7-10H,5-6,11H2,(H,20,23). The van der Waals surface area contributed by atoms with Gasteiger partial charge in [-0.05, 0) is 29.8 Å². The van der Waals surface area contributed by atoms with E-state index in [1.165, 1.54) is 0 Å². The average molecular weight is 343 g/mol. The number of hydrogen-bond acceptors (Lipinski definition) is 5. The molecule has 24 heavy (non-hydrogen) atoms. The molecule has 0 atom stereocenters. The van der Waals surface area contributed by atoms with Crippen molar-refractivity contribution in [2.45, 2.75) is 19.4 Å². The smallest absolute Gasteiger partial charge is 0.249 e. The van der Waals surface area contributed by atoms with E-state index in [4.69, 9.17) is 16.0 Å². The Bertz CT molecular complexity index is 820. The van der Waals surface area contributed by atoms with Gasteiger partial charge in [0.15, 0.2) is 0 Å². The van der Waals surface area contributed by atoms with E-state index in [0.29, 0.717) is 35.3 Å². The molecule has 3 rings (SSSR count). The first kappa shape index (κ1) is 16.1. The van der Waals surface area contributed by atoms with Crippen molar-refractivity contribution in [3.63, 3.8) is 0 Å². The van der Waals surface area contributed by atoms with Gasteiger partial charge in [0, 0.05) is 31.8 Å². The van der Waals surface area contributed by atoms with Gasteiger partial charge in [-0.25, -0.2) is 0 Å². The highest BCUT2D eigenvalue weighted by molar-refractivity contribution is 6.33. The molecule has 0 aliphatic rings. The number of carbonyl (C=O) groups is 1. The largest absolute Gasteiger partial charge is 0.421 e. The maximum absolute atomic E-state index is 11.9. The second-order valence-electron chi connectivity index (χ2n) is 5.11. The topological polar surface area (TPSA) is 80.9 Å². The van der Waals surface area contributed by atoms with Gasteiger partial charge in [-0.15, -0.1) is 10.2 Å². The van der Waals surface area contributed by atoms with Gasteiger partial charge in [-0.2, -0.15) is 0 Å². The van der Waals surface area contributed by atoms with Crippen molar-refractivity contribution in [1.82, 2.24) is 20.5 Å². The molecule has 0 radical (unpaired) electrons. The predicted octanol–water partition coefficient (Wildman–Crippen LogP) is 3.03. The molecule has 3 aromatic rings. The van der Waals surface area contributed by atoms with Crippen LogP contribution in [0.15, 0.2) is 53.2 Å². The Morgan fingerprint density at radius 1 is 1.12 bits per heavy atom. The maximum Gasteiger partial charge on any atom is 0.249 e. The number of carbonyl (C=O) groups excluding carboxylic acids is 1. The summed E-state index contributed by atoms with van der Waals surface area (Å²) in [7, 11) is 0. The van der Waals surface area contributed by atoms with Crippen molar-refractivity contribution in [3.05, 3.63) is 65.3 Å². The van der Waals surface area contributed by atoms with Crippen LogP contribution < -0.4 is 5.32 Å². The summed E-state index contributed by atoms with van der Waals surface area (Å²) in [4.78, 5) is 15.8. The third-order valence-electron chi connectivity index (χ3n) is 3.38. The second kappa shape index (κ2) is 7.70. The monoisotopic (exact) mass is 342 g/mol. The van der Waals surface area contributed by atoms with Crippen LogP contribution in [0.5, 0.6) is 0 Å². The molecule has 0 unspecified atom stereocenters. The average Bonchev–Trinajstić information content (AvgIpc) is 3.08. The van der Waals surface area contributed by atoms with E-state index in [9.17, 15) is 4.79 Å². The van der Waals surface area contributed by atoms with Crippen LogP contribution in [-0.4, -0.2) is 21.1 Å². The van der Waals surface area contributed by atoms with Crippen LogP contribution in [0.1, 0.15) is 17.9 Å². The summed E-state index contributed by atoms with van der Waals surface area (Å²) >= 11 is 6.10. The van der Waals surface area contributed by atoms with E-state index < -0.39 is 0 Å². The molecule has 0 fully saturated rings. The van der Waals surface area contributed by atoms with Crippen LogP contribution >= 0.6 is 11.6 Å². The lowest BCUT2D eigenvalue weighted by Gasteiger charge is -2.03. The van der Waals surface area contributed by atoms with Crippen LogP contribution in [0.2, 0.25) is 5.02 Å². The van der Waals surface area contributed by atoms with Crippen LogP contribution in [0, 0.1) is 0 Å². The van der Waals surface area contributed by atoms with Gasteiger partial charge in [0.2, 0.25) is 17.7 Å². The predicted molar refractivity (Wildman–Crippen MR) is 89.1 cm³/mol. The fourth-order valence-electron chi connectivity index (χ4n) is 2.11. The molecule has 0 aliphatic carbocycles. The third-order valence-corrected chi connectivity index (χ3v) is 3.71. The second-order valence-corrected chi connectivity index (χ2v) is 5.52. The number of nitrogens with one attached hydrogen (secondary N) is 1. The normalized spacial score (nSPS) is 10.5. The highest BCUT2D eigenvalue weighted by Crippen LogP contribution is 2.26. The molecule has 1 amide bonds. The fourth-order valence-corrected chi connectivity index (χ4v) is 2.32. The fraction of sp³-hybridized carbons (Fsp3) is 0.176. The lowest BCUT2D eigenvalue weighted by molar-refractivity contribution is -0.121. The van der Waals surface area contributed by atoms with E-state index in [1.807, 2.05) is 24.3 Å². The van der Waals surface area contributed by atoms with Crippen molar-refractivity contribution < 1.29 is 9.21 Å². The number of nitrogens with zero attached hydrogens (tertiary/aromatic N) is 3. The van der Waals surface area contributed by atoms with Gasteiger partial charge < -0.3 is 9.73 Å². The number of amides is 1. The number of benzene rings is 1. The first-order valence-electron chi connectivity index (χ1n) is 7.45. The minimum atomic E-state index is -0.0793. The van der Waals surface area contributed by atoms with Crippen LogP contribution in [0.25, 0.3) is 11.5 Å². The zero-order chi connectivity index (χ0) is 16.8. The maximum atomic E-state index is 11.9. The number of halogens is 1.